The van der Waals surface area contributed by atoms with E-state index in [4.69, 9.17) is 6.42 Å². The van der Waals surface area contributed by atoms with Gasteiger partial charge in [-0.1, -0.05) is 17.6 Å². The van der Waals surface area contributed by atoms with Crippen LogP contribution in [0.25, 0.3) is 0 Å². The van der Waals surface area contributed by atoms with Gasteiger partial charge in [0.1, 0.15) is 0 Å². The van der Waals surface area contributed by atoms with E-state index in [-0.39, 0.29) is 6.04 Å². The van der Waals surface area contributed by atoms with Crippen molar-refractivity contribution in [3.8, 4) is 12.3 Å². The smallest absolute Gasteiger partial charge is 0.0722 e. The van der Waals surface area contributed by atoms with E-state index in [0.29, 0.717) is 0 Å². The molecule has 66 valence electrons. The standard InChI is InChI=1S/C11H17N/c1-3-11(12-2)9-10-7-5-4-6-8-10/h1,7,11-12H,4-6,8-9H2,2H3. The van der Waals surface area contributed by atoms with E-state index in [1.54, 1.807) is 5.57 Å². The Morgan fingerprint density at radius 1 is 1.67 bits per heavy atom. The Balaban J connectivity index is 2.39. The first-order valence-electron chi connectivity index (χ1n) is 4.68. The summed E-state index contributed by atoms with van der Waals surface area (Å²) in [5.74, 6) is 2.75. The fourth-order valence-corrected chi connectivity index (χ4v) is 1.60. The molecule has 1 atom stereocenters. The molecular weight excluding hydrogens is 146 g/mol. The summed E-state index contributed by atoms with van der Waals surface area (Å²) in [5.41, 5.74) is 1.54. The number of hydrogen-bond acceptors (Lipinski definition) is 1. The zero-order valence-electron chi connectivity index (χ0n) is 7.77. The zero-order chi connectivity index (χ0) is 8.81. The molecule has 1 aliphatic carbocycles. The van der Waals surface area contributed by atoms with Crippen molar-refractivity contribution in [2.75, 3.05) is 7.05 Å². The summed E-state index contributed by atoms with van der Waals surface area (Å²) < 4.78 is 0. The number of allylic oxidation sites excluding steroid dienone is 1. The number of terminal acetylenes is 1. The first kappa shape index (κ1) is 9.35. The van der Waals surface area contributed by atoms with Crippen LogP contribution in [0.3, 0.4) is 0 Å². The normalized spacial score (nSPS) is 19.5. The first-order chi connectivity index (χ1) is 5.86. The van der Waals surface area contributed by atoms with Gasteiger partial charge in [0.25, 0.3) is 0 Å². The molecule has 0 saturated heterocycles. The SMILES string of the molecule is C#CC(CC1=CCCCC1)NC. The molecule has 0 saturated carbocycles. The van der Waals surface area contributed by atoms with Gasteiger partial charge in [0.15, 0.2) is 0 Å². The van der Waals surface area contributed by atoms with E-state index in [2.05, 4.69) is 17.3 Å². The molecule has 0 amide bonds. The lowest BCUT2D eigenvalue weighted by Crippen LogP contribution is -2.23. The first-order valence-corrected chi connectivity index (χ1v) is 4.68. The van der Waals surface area contributed by atoms with Gasteiger partial charge in [0.05, 0.1) is 6.04 Å². The lowest BCUT2D eigenvalue weighted by Gasteiger charge is -2.15. The Morgan fingerprint density at radius 3 is 3.00 bits per heavy atom. The van der Waals surface area contributed by atoms with Crippen LogP contribution < -0.4 is 5.32 Å². The van der Waals surface area contributed by atoms with E-state index in [0.717, 1.165) is 6.42 Å². The van der Waals surface area contributed by atoms with Crippen molar-refractivity contribution in [3.05, 3.63) is 11.6 Å². The highest BCUT2D eigenvalue weighted by molar-refractivity contribution is 5.12. The van der Waals surface area contributed by atoms with Crippen LogP contribution in [0.1, 0.15) is 32.1 Å². The van der Waals surface area contributed by atoms with Crippen LogP contribution in [0.2, 0.25) is 0 Å². The lowest BCUT2D eigenvalue weighted by atomic mass is 9.94. The monoisotopic (exact) mass is 163 g/mol. The fourth-order valence-electron chi connectivity index (χ4n) is 1.60. The maximum absolute atomic E-state index is 5.36. The van der Waals surface area contributed by atoms with Crippen molar-refractivity contribution < 1.29 is 0 Å². The Bertz CT molecular complexity index is 198. The van der Waals surface area contributed by atoms with E-state index < -0.39 is 0 Å². The molecule has 0 fully saturated rings. The van der Waals surface area contributed by atoms with E-state index in [1.165, 1.54) is 25.7 Å². The Hall–Kier alpha value is -0.740. The molecule has 0 aromatic rings. The number of hydrogen-bond donors (Lipinski definition) is 1. The predicted molar refractivity (Wildman–Crippen MR) is 52.8 cm³/mol. The van der Waals surface area contributed by atoms with Crippen molar-refractivity contribution in [2.24, 2.45) is 0 Å². The second-order valence-electron chi connectivity index (χ2n) is 3.32. The molecule has 0 bridgehead atoms. The third-order valence-electron chi connectivity index (χ3n) is 2.40. The van der Waals surface area contributed by atoms with Crippen LogP contribution in [-0.4, -0.2) is 13.1 Å². The third kappa shape index (κ3) is 2.71. The zero-order valence-corrected chi connectivity index (χ0v) is 7.77. The molecule has 0 heterocycles. The van der Waals surface area contributed by atoms with Crippen molar-refractivity contribution in [3.63, 3.8) is 0 Å². The Labute approximate surface area is 75.2 Å². The van der Waals surface area contributed by atoms with Crippen molar-refractivity contribution >= 4 is 0 Å². The minimum atomic E-state index is 0.231. The van der Waals surface area contributed by atoms with Crippen LogP contribution in [0, 0.1) is 12.3 Å². The van der Waals surface area contributed by atoms with Crippen LogP contribution in [0.15, 0.2) is 11.6 Å². The highest BCUT2D eigenvalue weighted by Crippen LogP contribution is 2.20. The average molecular weight is 163 g/mol. The predicted octanol–water partition coefficient (Wildman–Crippen LogP) is 2.10. The molecule has 0 aromatic carbocycles. The van der Waals surface area contributed by atoms with Gasteiger partial charge in [-0.3, -0.25) is 0 Å². The van der Waals surface area contributed by atoms with Crippen LogP contribution in [0.5, 0.6) is 0 Å². The molecule has 1 nitrogen and oxygen atoms in total. The maximum atomic E-state index is 5.36. The van der Waals surface area contributed by atoms with Crippen molar-refractivity contribution in [1.82, 2.24) is 5.32 Å². The summed E-state index contributed by atoms with van der Waals surface area (Å²) >= 11 is 0. The van der Waals surface area contributed by atoms with Crippen molar-refractivity contribution in [1.29, 1.82) is 0 Å². The molecular formula is C11H17N. The summed E-state index contributed by atoms with van der Waals surface area (Å²) in [4.78, 5) is 0. The van der Waals surface area contributed by atoms with Gasteiger partial charge in [0, 0.05) is 0 Å². The average Bonchev–Trinajstić information content (AvgIpc) is 2.16. The highest BCUT2D eigenvalue weighted by atomic mass is 14.8. The summed E-state index contributed by atoms with van der Waals surface area (Å²) in [6.07, 6.45) is 13.9. The summed E-state index contributed by atoms with van der Waals surface area (Å²) in [6.45, 7) is 0. The molecule has 0 radical (unpaired) electrons. The fraction of sp³-hybridized carbons (Fsp3) is 0.636. The molecule has 1 unspecified atom stereocenters. The van der Waals surface area contributed by atoms with Crippen LogP contribution in [-0.2, 0) is 0 Å². The molecule has 0 aliphatic heterocycles. The minimum absolute atomic E-state index is 0.231. The van der Waals surface area contributed by atoms with Gasteiger partial charge < -0.3 is 5.32 Å². The van der Waals surface area contributed by atoms with Crippen LogP contribution >= 0.6 is 0 Å². The van der Waals surface area contributed by atoms with Gasteiger partial charge in [-0.05, 0) is 39.2 Å². The van der Waals surface area contributed by atoms with Crippen molar-refractivity contribution in [2.45, 2.75) is 38.1 Å². The minimum Gasteiger partial charge on any atom is -0.307 e. The van der Waals surface area contributed by atoms with E-state index in [1.807, 2.05) is 7.05 Å². The van der Waals surface area contributed by atoms with E-state index >= 15 is 0 Å². The van der Waals surface area contributed by atoms with Gasteiger partial charge >= 0.3 is 0 Å². The summed E-state index contributed by atoms with van der Waals surface area (Å²) in [6, 6.07) is 0.231. The lowest BCUT2D eigenvalue weighted by molar-refractivity contribution is 0.619. The van der Waals surface area contributed by atoms with Gasteiger partial charge in [-0.2, -0.15) is 0 Å². The molecule has 1 N–H and O–H groups in total. The largest absolute Gasteiger partial charge is 0.307 e. The van der Waals surface area contributed by atoms with Gasteiger partial charge in [-0.25, -0.2) is 0 Å². The van der Waals surface area contributed by atoms with Gasteiger partial charge in [-0.15, -0.1) is 6.42 Å². The molecule has 0 aromatic heterocycles. The number of rotatable bonds is 3. The second kappa shape index (κ2) is 5.00. The molecule has 1 aliphatic rings. The highest BCUT2D eigenvalue weighted by Gasteiger charge is 2.08. The Kier molecular flexibility index (Phi) is 3.90. The summed E-state index contributed by atoms with van der Waals surface area (Å²) in [5, 5.41) is 3.12. The third-order valence-corrected chi connectivity index (χ3v) is 2.40. The van der Waals surface area contributed by atoms with Gasteiger partial charge in [0.2, 0.25) is 0 Å². The topological polar surface area (TPSA) is 12.0 Å². The Morgan fingerprint density at radius 2 is 2.50 bits per heavy atom. The van der Waals surface area contributed by atoms with E-state index in [9.17, 15) is 0 Å². The molecule has 1 rings (SSSR count). The quantitative estimate of drug-likeness (QED) is 0.496. The molecule has 1 heteroatoms. The summed E-state index contributed by atoms with van der Waals surface area (Å²) in [7, 11) is 1.92. The maximum Gasteiger partial charge on any atom is 0.0722 e. The second-order valence-corrected chi connectivity index (χ2v) is 3.32. The molecule has 0 spiro atoms. The van der Waals surface area contributed by atoms with Crippen LogP contribution in [0.4, 0.5) is 0 Å². The molecule has 12 heavy (non-hydrogen) atoms. The number of nitrogens with one attached hydrogen (secondary N) is 1.